The van der Waals surface area contributed by atoms with Gasteiger partial charge in [0.15, 0.2) is 0 Å². The van der Waals surface area contributed by atoms with E-state index in [9.17, 15) is 13.2 Å². The van der Waals surface area contributed by atoms with Gasteiger partial charge in [-0.3, -0.25) is 9.52 Å². The zero-order valence-electron chi connectivity index (χ0n) is 15.8. The molecule has 0 radical (unpaired) electrons. The lowest BCUT2D eigenvalue weighted by Crippen LogP contribution is -2.17. The van der Waals surface area contributed by atoms with Gasteiger partial charge < -0.3 is 5.32 Å². The van der Waals surface area contributed by atoms with E-state index in [4.69, 9.17) is 11.6 Å². The third kappa shape index (κ3) is 5.12. The summed E-state index contributed by atoms with van der Waals surface area (Å²) < 4.78 is 28.3. The zero-order chi connectivity index (χ0) is 21.0. The number of rotatable bonds is 6. The Labute approximate surface area is 179 Å². The molecule has 5 nitrogen and oxygen atoms in total. The summed E-state index contributed by atoms with van der Waals surface area (Å²) in [4.78, 5) is 13.5. The third-order valence-corrected chi connectivity index (χ3v) is 6.77. The Bertz CT molecular complexity index is 1160. The van der Waals surface area contributed by atoms with E-state index < -0.39 is 15.9 Å². The maximum absolute atomic E-state index is 12.9. The van der Waals surface area contributed by atoms with E-state index >= 15 is 0 Å². The number of sulfonamides is 1. The van der Waals surface area contributed by atoms with Gasteiger partial charge in [-0.2, -0.15) is 0 Å². The summed E-state index contributed by atoms with van der Waals surface area (Å²) in [7, 11) is -3.97. The lowest BCUT2D eigenvalue weighted by molar-refractivity contribution is 0.102. The molecule has 8 heteroatoms. The molecule has 0 aromatic heterocycles. The fourth-order valence-electron chi connectivity index (χ4n) is 2.64. The number of benzene rings is 3. The predicted molar refractivity (Wildman–Crippen MR) is 120 cm³/mol. The van der Waals surface area contributed by atoms with E-state index in [1.54, 1.807) is 43.0 Å². The smallest absolute Gasteiger partial charge is 0.263 e. The minimum Gasteiger partial charge on any atom is -0.322 e. The molecule has 0 bridgehead atoms. The fraction of sp³-hybridized carbons (Fsp3) is 0.0952. The number of carbonyl (C=O) groups excluding carboxylic acids is 1. The van der Waals surface area contributed by atoms with Crippen molar-refractivity contribution in [3.8, 4) is 0 Å². The monoisotopic (exact) mass is 446 g/mol. The SMILES string of the molecule is CSc1cccc(NC(=O)c2ccc(Cl)c(S(=O)(=O)Nc3ccccc3C)c2)c1. The molecule has 0 aliphatic carbocycles. The Morgan fingerprint density at radius 2 is 1.76 bits per heavy atom. The van der Waals surface area contributed by atoms with Crippen molar-refractivity contribution in [2.24, 2.45) is 0 Å². The number of hydrogen-bond donors (Lipinski definition) is 2. The molecule has 3 aromatic rings. The molecule has 0 heterocycles. The number of halogens is 1. The van der Waals surface area contributed by atoms with Gasteiger partial charge in [-0.25, -0.2) is 8.42 Å². The average molecular weight is 447 g/mol. The molecule has 0 saturated heterocycles. The van der Waals surface area contributed by atoms with Gasteiger partial charge in [0.05, 0.1) is 10.7 Å². The third-order valence-electron chi connectivity index (χ3n) is 4.20. The van der Waals surface area contributed by atoms with Crippen LogP contribution in [0.5, 0.6) is 0 Å². The van der Waals surface area contributed by atoms with Crippen molar-refractivity contribution in [2.45, 2.75) is 16.7 Å². The van der Waals surface area contributed by atoms with Crippen LogP contribution in [0, 0.1) is 6.92 Å². The van der Waals surface area contributed by atoms with Crippen molar-refractivity contribution < 1.29 is 13.2 Å². The van der Waals surface area contributed by atoms with Crippen LogP contribution in [0.4, 0.5) is 11.4 Å². The van der Waals surface area contributed by atoms with Crippen LogP contribution < -0.4 is 10.0 Å². The highest BCUT2D eigenvalue weighted by molar-refractivity contribution is 7.98. The van der Waals surface area contributed by atoms with E-state index in [0.29, 0.717) is 11.4 Å². The van der Waals surface area contributed by atoms with Crippen LogP contribution in [0.1, 0.15) is 15.9 Å². The fourth-order valence-corrected chi connectivity index (χ4v) is 4.76. The second-order valence-electron chi connectivity index (χ2n) is 6.25. The highest BCUT2D eigenvalue weighted by atomic mass is 35.5. The molecule has 0 unspecified atom stereocenters. The van der Waals surface area contributed by atoms with Crippen molar-refractivity contribution in [1.82, 2.24) is 0 Å². The Morgan fingerprint density at radius 3 is 2.48 bits per heavy atom. The standard InChI is InChI=1S/C21H19ClN2O3S2/c1-14-6-3-4-9-19(14)24-29(26,27)20-12-15(10-11-18(20)22)21(25)23-16-7-5-8-17(13-16)28-2/h3-13,24H,1-2H3,(H,23,25). The topological polar surface area (TPSA) is 75.3 Å². The van der Waals surface area contributed by atoms with Crippen LogP contribution >= 0.6 is 23.4 Å². The van der Waals surface area contributed by atoms with Gasteiger partial charge in [0.1, 0.15) is 4.90 Å². The van der Waals surface area contributed by atoms with Gasteiger partial charge >= 0.3 is 0 Å². The number of thioether (sulfide) groups is 1. The lowest BCUT2D eigenvalue weighted by atomic mass is 10.2. The minimum absolute atomic E-state index is 0.0343. The number of aryl methyl sites for hydroxylation is 1. The predicted octanol–water partition coefficient (Wildman–Crippen LogP) is 5.42. The van der Waals surface area contributed by atoms with Gasteiger partial charge in [0, 0.05) is 16.1 Å². The van der Waals surface area contributed by atoms with Crippen molar-refractivity contribution in [3.05, 3.63) is 82.9 Å². The Hall–Kier alpha value is -2.48. The maximum atomic E-state index is 12.9. The molecular formula is C21H19ClN2O3S2. The first-order chi connectivity index (χ1) is 13.8. The summed E-state index contributed by atoms with van der Waals surface area (Å²) in [5.41, 5.74) is 2.04. The Kier molecular flexibility index (Phi) is 6.52. The summed E-state index contributed by atoms with van der Waals surface area (Å²) in [5, 5.41) is 2.81. The zero-order valence-corrected chi connectivity index (χ0v) is 18.2. The van der Waals surface area contributed by atoms with Crippen molar-refractivity contribution >= 4 is 50.7 Å². The molecule has 0 saturated carbocycles. The van der Waals surface area contributed by atoms with Crippen molar-refractivity contribution in [3.63, 3.8) is 0 Å². The van der Waals surface area contributed by atoms with Crippen LogP contribution in [0.2, 0.25) is 5.02 Å². The summed E-state index contributed by atoms with van der Waals surface area (Å²) in [6.45, 7) is 1.80. The van der Waals surface area contributed by atoms with Crippen molar-refractivity contribution in [2.75, 3.05) is 16.3 Å². The number of anilines is 2. The van der Waals surface area contributed by atoms with Crippen LogP contribution in [0.3, 0.4) is 0 Å². The quantitative estimate of drug-likeness (QED) is 0.495. The van der Waals surface area contributed by atoms with Crippen LogP contribution in [-0.2, 0) is 10.0 Å². The summed E-state index contributed by atoms with van der Waals surface area (Å²) in [6, 6.07) is 18.6. The van der Waals surface area contributed by atoms with E-state index in [1.807, 2.05) is 30.5 Å². The van der Waals surface area contributed by atoms with Gasteiger partial charge in [0.25, 0.3) is 15.9 Å². The molecule has 0 atom stereocenters. The Balaban J connectivity index is 1.89. The molecule has 29 heavy (non-hydrogen) atoms. The molecule has 150 valence electrons. The van der Waals surface area contributed by atoms with Gasteiger partial charge in [-0.05, 0) is 61.2 Å². The van der Waals surface area contributed by atoms with Gasteiger partial charge in [0.2, 0.25) is 0 Å². The first-order valence-corrected chi connectivity index (χ1v) is 11.7. The van der Waals surface area contributed by atoms with Crippen LogP contribution in [0.25, 0.3) is 0 Å². The first-order valence-electron chi connectivity index (χ1n) is 8.63. The molecule has 0 spiro atoms. The summed E-state index contributed by atoms with van der Waals surface area (Å²) in [5.74, 6) is -0.424. The van der Waals surface area contributed by atoms with E-state index in [0.717, 1.165) is 10.5 Å². The summed E-state index contributed by atoms with van der Waals surface area (Å²) in [6.07, 6.45) is 1.94. The molecular weight excluding hydrogens is 428 g/mol. The molecule has 1 amide bonds. The van der Waals surface area contributed by atoms with E-state index in [1.165, 1.54) is 18.2 Å². The summed E-state index contributed by atoms with van der Waals surface area (Å²) >= 11 is 7.70. The van der Waals surface area contributed by atoms with Crippen molar-refractivity contribution in [1.29, 1.82) is 0 Å². The second-order valence-corrected chi connectivity index (χ2v) is 9.19. The molecule has 0 aliphatic heterocycles. The van der Waals surface area contributed by atoms with Gasteiger partial charge in [-0.1, -0.05) is 35.9 Å². The molecule has 0 aliphatic rings. The molecule has 0 fully saturated rings. The first kappa shape index (κ1) is 21.2. The number of carbonyl (C=O) groups is 1. The van der Waals surface area contributed by atoms with E-state index in [-0.39, 0.29) is 15.5 Å². The molecule has 3 aromatic carbocycles. The second kappa shape index (κ2) is 8.90. The number of nitrogens with one attached hydrogen (secondary N) is 2. The highest BCUT2D eigenvalue weighted by Crippen LogP contribution is 2.27. The molecule has 3 rings (SSSR count). The largest absolute Gasteiger partial charge is 0.322 e. The minimum atomic E-state index is -3.97. The Morgan fingerprint density at radius 1 is 1.00 bits per heavy atom. The lowest BCUT2D eigenvalue weighted by Gasteiger charge is -2.13. The van der Waals surface area contributed by atoms with E-state index in [2.05, 4.69) is 10.0 Å². The average Bonchev–Trinajstić information content (AvgIpc) is 2.70. The van der Waals surface area contributed by atoms with Gasteiger partial charge in [-0.15, -0.1) is 11.8 Å². The number of para-hydroxylation sites is 1. The maximum Gasteiger partial charge on any atom is 0.263 e. The number of amides is 1. The highest BCUT2D eigenvalue weighted by Gasteiger charge is 2.21. The molecule has 2 N–H and O–H groups in total. The van der Waals surface area contributed by atoms with Crippen LogP contribution in [0.15, 0.2) is 76.5 Å². The normalized spacial score (nSPS) is 11.1. The number of hydrogen-bond acceptors (Lipinski definition) is 4. The van der Waals surface area contributed by atoms with Crippen LogP contribution in [-0.4, -0.2) is 20.6 Å².